The smallest absolute Gasteiger partial charge is 0.327 e. The minimum Gasteiger partial charge on any atom is -0.492 e. The van der Waals surface area contributed by atoms with Crippen molar-refractivity contribution in [3.63, 3.8) is 0 Å². The van der Waals surface area contributed by atoms with Gasteiger partial charge in [-0.05, 0) is 42.3 Å². The predicted molar refractivity (Wildman–Crippen MR) is 159 cm³/mol. The van der Waals surface area contributed by atoms with Gasteiger partial charge in [-0.3, -0.25) is 24.1 Å². The van der Waals surface area contributed by atoms with E-state index in [4.69, 9.17) is 4.74 Å². The molecule has 2 fully saturated rings. The number of carbonyl (C=O) groups excluding carboxylic acids is 5. The summed E-state index contributed by atoms with van der Waals surface area (Å²) in [6.07, 6.45) is 2.24. The van der Waals surface area contributed by atoms with Crippen LogP contribution in [0.3, 0.4) is 0 Å². The highest BCUT2D eigenvalue weighted by Gasteiger charge is 2.42. The van der Waals surface area contributed by atoms with Gasteiger partial charge < -0.3 is 29.3 Å². The van der Waals surface area contributed by atoms with E-state index in [1.807, 2.05) is 41.9 Å². The van der Waals surface area contributed by atoms with Crippen LogP contribution in [-0.2, 0) is 21.4 Å². The number of likely N-dealkylation sites (tertiary alicyclic amines) is 1. The lowest BCUT2D eigenvalue weighted by molar-refractivity contribution is -0.136. The van der Waals surface area contributed by atoms with E-state index >= 15 is 0 Å². The number of carbonyl (C=O) groups is 5. The van der Waals surface area contributed by atoms with E-state index in [1.165, 1.54) is 11.9 Å². The summed E-state index contributed by atoms with van der Waals surface area (Å²) in [5, 5.41) is 3.01. The molecule has 1 aromatic heterocycles. The van der Waals surface area contributed by atoms with Gasteiger partial charge >= 0.3 is 6.03 Å². The summed E-state index contributed by atoms with van der Waals surface area (Å²) >= 11 is 0. The summed E-state index contributed by atoms with van der Waals surface area (Å²) in [5.41, 5.74) is 3.06. The zero-order valence-electron chi connectivity index (χ0n) is 24.8. The second kappa shape index (κ2) is 12.0. The zero-order chi connectivity index (χ0) is 31.0. The van der Waals surface area contributed by atoms with Crippen molar-refractivity contribution in [2.75, 3.05) is 59.5 Å². The highest BCUT2D eigenvalue weighted by molar-refractivity contribution is 6.04. The first-order valence-corrected chi connectivity index (χ1v) is 14.7. The number of hydrogen-bond donors (Lipinski definition) is 1. The number of nitrogens with one attached hydrogen (secondary N) is 1. The molecule has 3 aromatic rings. The van der Waals surface area contributed by atoms with Gasteiger partial charge in [0.2, 0.25) is 11.8 Å². The highest BCUT2D eigenvalue weighted by atomic mass is 16.5. The quantitative estimate of drug-likeness (QED) is 0.443. The van der Waals surface area contributed by atoms with Crippen LogP contribution in [-0.4, -0.2) is 118 Å². The lowest BCUT2D eigenvalue weighted by Gasteiger charge is -2.25. The van der Waals surface area contributed by atoms with Crippen molar-refractivity contribution in [1.82, 2.24) is 34.5 Å². The number of urea groups is 1. The Morgan fingerprint density at radius 1 is 1.00 bits per heavy atom. The molecule has 2 saturated heterocycles. The van der Waals surface area contributed by atoms with Gasteiger partial charge in [0.05, 0.1) is 29.8 Å². The van der Waals surface area contributed by atoms with Gasteiger partial charge in [0.15, 0.2) is 0 Å². The van der Waals surface area contributed by atoms with E-state index in [0.717, 1.165) is 21.5 Å². The Balaban J connectivity index is 1.17. The molecule has 0 unspecified atom stereocenters. The molecule has 2 aromatic carbocycles. The Hall–Kier alpha value is -4.94. The van der Waals surface area contributed by atoms with Crippen molar-refractivity contribution in [2.45, 2.75) is 12.3 Å². The van der Waals surface area contributed by atoms with Crippen LogP contribution in [0.2, 0.25) is 0 Å². The van der Waals surface area contributed by atoms with Crippen LogP contribution in [0.4, 0.5) is 4.79 Å². The van der Waals surface area contributed by atoms with Gasteiger partial charge in [-0.2, -0.15) is 0 Å². The van der Waals surface area contributed by atoms with Crippen LogP contribution < -0.4 is 10.1 Å². The van der Waals surface area contributed by atoms with Crippen LogP contribution in [0.25, 0.3) is 11.0 Å². The maximum atomic E-state index is 13.5. The molecule has 0 saturated carbocycles. The normalized spacial score (nSPS) is 21.3. The third kappa shape index (κ3) is 5.69. The van der Waals surface area contributed by atoms with Crippen LogP contribution >= 0.6 is 0 Å². The number of fused-ring (bicyclic) bond motifs is 5. The summed E-state index contributed by atoms with van der Waals surface area (Å²) in [7, 11) is 3.42. The predicted octanol–water partition coefficient (Wildman–Crippen LogP) is 1.05. The molecule has 1 N–H and O–H groups in total. The second-order valence-corrected chi connectivity index (χ2v) is 11.5. The van der Waals surface area contributed by atoms with E-state index in [0.29, 0.717) is 37.4 Å². The molecule has 13 nitrogen and oxygen atoms in total. The monoisotopic (exact) mass is 601 g/mol. The molecule has 0 spiro atoms. The van der Waals surface area contributed by atoms with Crippen molar-refractivity contribution in [3.8, 4) is 5.75 Å². The average molecular weight is 602 g/mol. The van der Waals surface area contributed by atoms with Crippen LogP contribution in [0.5, 0.6) is 5.75 Å². The molecule has 0 aliphatic carbocycles. The maximum absolute atomic E-state index is 13.5. The molecule has 2 bridgehead atoms. The number of amides is 6. The number of rotatable bonds is 3. The first-order chi connectivity index (χ1) is 21.2. The third-order valence-electron chi connectivity index (χ3n) is 8.61. The molecule has 2 atom stereocenters. The Morgan fingerprint density at radius 3 is 2.61 bits per heavy atom. The molecule has 44 heavy (non-hydrogen) atoms. The van der Waals surface area contributed by atoms with Gasteiger partial charge in [-0.1, -0.05) is 12.1 Å². The largest absolute Gasteiger partial charge is 0.492 e. The van der Waals surface area contributed by atoms with Gasteiger partial charge in [-0.25, -0.2) is 9.78 Å². The summed E-state index contributed by atoms with van der Waals surface area (Å²) in [5.74, 6) is -1.37. The third-order valence-corrected chi connectivity index (χ3v) is 8.61. The molecule has 6 amide bonds. The van der Waals surface area contributed by atoms with Crippen molar-refractivity contribution in [3.05, 3.63) is 59.9 Å². The molecule has 6 rings (SSSR count). The van der Waals surface area contributed by atoms with Crippen molar-refractivity contribution in [1.29, 1.82) is 0 Å². The van der Waals surface area contributed by atoms with E-state index in [9.17, 15) is 24.0 Å². The van der Waals surface area contributed by atoms with Crippen LogP contribution in [0.15, 0.2) is 48.8 Å². The first kappa shape index (κ1) is 29.1. The number of nitrogens with zero attached hydrogens (tertiary/aromatic N) is 6. The van der Waals surface area contributed by atoms with Gasteiger partial charge in [0.1, 0.15) is 25.4 Å². The van der Waals surface area contributed by atoms with Crippen LogP contribution in [0, 0.1) is 5.92 Å². The molecule has 230 valence electrons. The van der Waals surface area contributed by atoms with E-state index in [1.54, 1.807) is 28.3 Å². The standard InChI is InChI=1S/C31H35N7O6/c1-34-17-28(40)38(31(34)43)18-27(39)37-15-23-20-5-3-6-22(13-20)44-12-11-36(10-4-9-32-29(41)24(23)16-37)30(42)21-7-8-26-25(14-21)33-19-35(26)2/h3,5-8,13-14,19,23-24H,4,9-12,15-18H2,1-2H3,(H,32,41)/t23-,24+/m1/s1. The molecule has 0 radical (unpaired) electrons. The van der Waals surface area contributed by atoms with Gasteiger partial charge in [0.25, 0.3) is 11.8 Å². The van der Waals surface area contributed by atoms with Crippen molar-refractivity contribution in [2.24, 2.45) is 13.0 Å². The van der Waals surface area contributed by atoms with Crippen LogP contribution in [0.1, 0.15) is 28.3 Å². The molecule has 3 aliphatic rings. The second-order valence-electron chi connectivity index (χ2n) is 11.5. The molecular formula is C31H35N7O6. The number of aromatic nitrogens is 2. The SMILES string of the molecule is CN1CC(=O)N(CC(=O)N2C[C@@H]3C(=O)NCCCN(C(=O)c4ccc5c(c4)ncn5C)CCOc4cccc(c4)[C@H]3C2)C1=O. The summed E-state index contributed by atoms with van der Waals surface area (Å²) in [6.45, 7) is 1.41. The molecule has 3 aliphatic heterocycles. The fraction of sp³-hybridized carbons (Fsp3) is 0.419. The molecule has 13 heteroatoms. The van der Waals surface area contributed by atoms with E-state index < -0.39 is 17.9 Å². The van der Waals surface area contributed by atoms with Crippen molar-refractivity contribution < 1.29 is 28.7 Å². The summed E-state index contributed by atoms with van der Waals surface area (Å²) in [6, 6.07) is 12.4. The summed E-state index contributed by atoms with van der Waals surface area (Å²) < 4.78 is 7.97. The minimum absolute atomic E-state index is 0.0605. The fourth-order valence-electron chi connectivity index (χ4n) is 6.16. The number of ether oxygens (including phenoxy) is 1. The van der Waals surface area contributed by atoms with Gasteiger partial charge in [0, 0.05) is 51.8 Å². The van der Waals surface area contributed by atoms with Crippen molar-refractivity contribution >= 4 is 40.7 Å². The average Bonchev–Trinajstić information content (AvgIpc) is 3.70. The Bertz CT molecular complexity index is 1640. The number of likely N-dealkylation sites (N-methyl/N-ethyl adjacent to an activating group) is 1. The number of imide groups is 1. The lowest BCUT2D eigenvalue weighted by Crippen LogP contribution is -2.43. The topological polar surface area (TPSA) is 137 Å². The number of imidazole rings is 1. The molecular weight excluding hydrogens is 566 g/mol. The van der Waals surface area contributed by atoms with E-state index in [2.05, 4.69) is 10.3 Å². The maximum Gasteiger partial charge on any atom is 0.327 e. The number of hydrogen-bond acceptors (Lipinski definition) is 7. The number of benzene rings is 2. The Labute approximate surface area is 254 Å². The summed E-state index contributed by atoms with van der Waals surface area (Å²) in [4.78, 5) is 74.7. The molecule has 4 heterocycles. The first-order valence-electron chi connectivity index (χ1n) is 14.7. The Kier molecular flexibility index (Phi) is 7.93. The fourth-order valence-corrected chi connectivity index (χ4v) is 6.16. The zero-order valence-corrected chi connectivity index (χ0v) is 24.8. The minimum atomic E-state index is -0.535. The number of aryl methyl sites for hydroxylation is 1. The Morgan fingerprint density at radius 2 is 1.82 bits per heavy atom. The van der Waals surface area contributed by atoms with E-state index in [-0.39, 0.29) is 56.4 Å². The highest BCUT2D eigenvalue weighted by Crippen LogP contribution is 2.35. The van der Waals surface area contributed by atoms with Gasteiger partial charge in [-0.15, -0.1) is 0 Å². The lowest BCUT2D eigenvalue weighted by atomic mass is 9.88.